The van der Waals surface area contributed by atoms with Crippen LogP contribution in [0.5, 0.6) is 0 Å². The van der Waals surface area contributed by atoms with E-state index in [0.717, 1.165) is 0 Å². The molecule has 0 aromatic heterocycles. The van der Waals surface area contributed by atoms with Gasteiger partial charge < -0.3 is 11.1 Å². The van der Waals surface area contributed by atoms with Crippen LogP contribution in [-0.4, -0.2) is 24.1 Å². The molecule has 5 heteroatoms. The van der Waals surface area contributed by atoms with Crippen LogP contribution in [-0.2, 0) is 14.4 Å². The fourth-order valence-electron chi connectivity index (χ4n) is 0.292. The second-order valence-corrected chi connectivity index (χ2v) is 1.75. The molecule has 0 aliphatic heterocycles. The Morgan fingerprint density at radius 3 is 2.20 bits per heavy atom. The molecular formula is C5H8N2O3. The summed E-state index contributed by atoms with van der Waals surface area (Å²) in [6, 6.07) is 0. The van der Waals surface area contributed by atoms with E-state index in [1.165, 1.54) is 6.92 Å². The number of primary amides is 1. The summed E-state index contributed by atoms with van der Waals surface area (Å²) < 4.78 is 0. The monoisotopic (exact) mass is 144 g/mol. The summed E-state index contributed by atoms with van der Waals surface area (Å²) in [5.41, 5.74) is 4.56. The molecule has 0 aliphatic carbocycles. The number of carbonyl (C=O) groups is 3. The van der Waals surface area contributed by atoms with E-state index in [1.54, 1.807) is 0 Å². The van der Waals surface area contributed by atoms with Crippen molar-refractivity contribution in [3.8, 4) is 0 Å². The maximum Gasteiger partial charge on any atom is 0.309 e. The zero-order valence-corrected chi connectivity index (χ0v) is 5.51. The molecule has 10 heavy (non-hydrogen) atoms. The Balaban J connectivity index is 3.60. The number of hydrogen-bond acceptors (Lipinski definition) is 3. The largest absolute Gasteiger partial charge is 0.361 e. The predicted molar refractivity (Wildman–Crippen MR) is 32.9 cm³/mol. The maximum atomic E-state index is 10.3. The van der Waals surface area contributed by atoms with Crippen molar-refractivity contribution >= 4 is 17.6 Å². The summed E-state index contributed by atoms with van der Waals surface area (Å²) in [6.45, 7) is 1.14. The van der Waals surface area contributed by atoms with Gasteiger partial charge in [0.05, 0.1) is 6.54 Å². The molecule has 0 aliphatic rings. The smallest absolute Gasteiger partial charge is 0.309 e. The lowest BCUT2D eigenvalue weighted by Gasteiger charge is -1.95. The van der Waals surface area contributed by atoms with Crippen LogP contribution in [0.1, 0.15) is 6.92 Å². The normalized spacial score (nSPS) is 8.50. The summed E-state index contributed by atoms with van der Waals surface area (Å²) >= 11 is 0. The second-order valence-electron chi connectivity index (χ2n) is 1.75. The molecular weight excluding hydrogens is 136 g/mol. The van der Waals surface area contributed by atoms with E-state index in [-0.39, 0.29) is 12.3 Å². The minimum atomic E-state index is -1.08. The molecule has 0 aromatic carbocycles. The van der Waals surface area contributed by atoms with Crippen molar-refractivity contribution in [2.24, 2.45) is 5.73 Å². The predicted octanol–water partition coefficient (Wildman–Crippen LogP) is -1.82. The SMILES string of the molecule is CC(=O)CNC(=O)C(N)=O. The van der Waals surface area contributed by atoms with Gasteiger partial charge in [0.2, 0.25) is 0 Å². The van der Waals surface area contributed by atoms with Crippen molar-refractivity contribution < 1.29 is 14.4 Å². The highest BCUT2D eigenvalue weighted by molar-refractivity contribution is 6.34. The van der Waals surface area contributed by atoms with Crippen LogP contribution in [0.25, 0.3) is 0 Å². The molecule has 0 bridgehead atoms. The topological polar surface area (TPSA) is 89.3 Å². The Morgan fingerprint density at radius 2 is 1.90 bits per heavy atom. The maximum absolute atomic E-state index is 10.3. The highest BCUT2D eigenvalue weighted by Gasteiger charge is 2.07. The van der Waals surface area contributed by atoms with E-state index in [4.69, 9.17) is 0 Å². The highest BCUT2D eigenvalue weighted by Crippen LogP contribution is 1.65. The minimum Gasteiger partial charge on any atom is -0.361 e. The van der Waals surface area contributed by atoms with E-state index in [1.807, 2.05) is 5.32 Å². The summed E-state index contributed by atoms with van der Waals surface area (Å²) in [6.07, 6.45) is 0. The number of rotatable bonds is 2. The minimum absolute atomic E-state index is 0.151. The van der Waals surface area contributed by atoms with Gasteiger partial charge in [0.1, 0.15) is 5.78 Å². The first-order valence-electron chi connectivity index (χ1n) is 2.61. The Bertz CT molecular complexity index is 176. The number of Topliss-reactive ketones (excluding diaryl/α,β-unsaturated/α-hetero) is 1. The van der Waals surface area contributed by atoms with Crippen LogP contribution in [0.2, 0.25) is 0 Å². The molecule has 3 N–H and O–H groups in total. The van der Waals surface area contributed by atoms with Crippen LogP contribution in [0.4, 0.5) is 0 Å². The lowest BCUT2D eigenvalue weighted by atomic mass is 10.4. The average molecular weight is 144 g/mol. The number of amides is 2. The molecule has 0 radical (unpaired) electrons. The van der Waals surface area contributed by atoms with Crippen molar-refractivity contribution in [2.45, 2.75) is 6.92 Å². The number of nitrogens with two attached hydrogens (primary N) is 1. The lowest BCUT2D eigenvalue weighted by Crippen LogP contribution is -2.38. The summed E-state index contributed by atoms with van der Waals surface area (Å²) in [5.74, 6) is -2.24. The van der Waals surface area contributed by atoms with E-state index in [2.05, 4.69) is 5.73 Å². The summed E-state index contributed by atoms with van der Waals surface area (Å²) in [4.78, 5) is 30.5. The summed E-state index contributed by atoms with van der Waals surface area (Å²) in [5, 5.41) is 2.02. The fourth-order valence-corrected chi connectivity index (χ4v) is 0.292. The van der Waals surface area contributed by atoms with Gasteiger partial charge in [0, 0.05) is 0 Å². The van der Waals surface area contributed by atoms with Crippen molar-refractivity contribution in [1.82, 2.24) is 5.32 Å². The van der Waals surface area contributed by atoms with Gasteiger partial charge >= 0.3 is 11.8 Å². The summed E-state index contributed by atoms with van der Waals surface area (Å²) in [7, 11) is 0. The fraction of sp³-hybridized carbons (Fsp3) is 0.400. The van der Waals surface area contributed by atoms with Crippen LogP contribution in [0, 0.1) is 0 Å². The number of carbonyl (C=O) groups excluding carboxylic acids is 3. The molecule has 0 unspecified atom stereocenters. The van der Waals surface area contributed by atoms with Crippen LogP contribution in [0.15, 0.2) is 0 Å². The van der Waals surface area contributed by atoms with Gasteiger partial charge in [-0.1, -0.05) is 0 Å². The standard InChI is InChI=1S/C5H8N2O3/c1-3(8)2-7-5(10)4(6)9/h2H2,1H3,(H2,6,9)(H,7,10). The highest BCUT2D eigenvalue weighted by atomic mass is 16.2. The van der Waals surface area contributed by atoms with Crippen molar-refractivity contribution in [3.05, 3.63) is 0 Å². The van der Waals surface area contributed by atoms with E-state index < -0.39 is 11.8 Å². The molecule has 0 heterocycles. The number of ketones is 1. The third-order valence-corrected chi connectivity index (χ3v) is 0.722. The Labute approximate surface area is 57.6 Å². The van der Waals surface area contributed by atoms with Gasteiger partial charge in [-0.2, -0.15) is 0 Å². The lowest BCUT2D eigenvalue weighted by molar-refractivity contribution is -0.137. The first kappa shape index (κ1) is 8.61. The van der Waals surface area contributed by atoms with Gasteiger partial charge in [-0.05, 0) is 6.92 Å². The van der Waals surface area contributed by atoms with Gasteiger partial charge in [0.15, 0.2) is 0 Å². The van der Waals surface area contributed by atoms with Crippen molar-refractivity contribution in [3.63, 3.8) is 0 Å². The van der Waals surface area contributed by atoms with E-state index in [9.17, 15) is 14.4 Å². The first-order chi connectivity index (χ1) is 4.54. The van der Waals surface area contributed by atoms with E-state index in [0.29, 0.717) is 0 Å². The quantitative estimate of drug-likeness (QED) is 0.447. The zero-order chi connectivity index (χ0) is 8.15. The molecule has 0 atom stereocenters. The second kappa shape index (κ2) is 3.60. The average Bonchev–Trinajstić information content (AvgIpc) is 1.82. The van der Waals surface area contributed by atoms with Gasteiger partial charge in [-0.15, -0.1) is 0 Å². The molecule has 5 nitrogen and oxygen atoms in total. The number of nitrogens with one attached hydrogen (secondary N) is 1. The molecule has 0 aromatic rings. The molecule has 0 saturated carbocycles. The Hall–Kier alpha value is -1.39. The van der Waals surface area contributed by atoms with Crippen molar-refractivity contribution in [1.29, 1.82) is 0 Å². The van der Waals surface area contributed by atoms with Gasteiger partial charge in [-0.3, -0.25) is 14.4 Å². The molecule has 2 amide bonds. The van der Waals surface area contributed by atoms with Crippen molar-refractivity contribution in [2.75, 3.05) is 6.54 Å². The molecule has 0 saturated heterocycles. The Morgan fingerprint density at radius 1 is 1.40 bits per heavy atom. The van der Waals surface area contributed by atoms with Crippen LogP contribution < -0.4 is 11.1 Å². The first-order valence-corrected chi connectivity index (χ1v) is 2.61. The van der Waals surface area contributed by atoms with Gasteiger partial charge in [0.25, 0.3) is 0 Å². The molecule has 0 fully saturated rings. The Kier molecular flexibility index (Phi) is 3.10. The third kappa shape index (κ3) is 3.59. The molecule has 56 valence electrons. The molecule has 0 spiro atoms. The van der Waals surface area contributed by atoms with Gasteiger partial charge in [-0.25, -0.2) is 0 Å². The van der Waals surface area contributed by atoms with E-state index >= 15 is 0 Å². The third-order valence-electron chi connectivity index (χ3n) is 0.722. The van der Waals surface area contributed by atoms with Crippen LogP contribution >= 0.6 is 0 Å². The number of hydrogen-bond donors (Lipinski definition) is 2. The van der Waals surface area contributed by atoms with Crippen LogP contribution in [0.3, 0.4) is 0 Å². The molecule has 0 rings (SSSR count). The zero-order valence-electron chi connectivity index (χ0n) is 5.51.